The molecule has 614 valence electrons. The molecule has 124 heavy (non-hydrogen) atoms. The molecule has 0 aromatic heterocycles. The average Bonchev–Trinajstić information content (AvgIpc) is 0.754. The van der Waals surface area contributed by atoms with E-state index in [2.05, 4.69) is 508 Å². The molecule has 0 fully saturated rings. The molecule has 18 rings (SSSR count). The Hall–Kier alpha value is -13.3. The Morgan fingerprint density at radius 2 is 0.290 bits per heavy atom. The fourth-order valence-corrected chi connectivity index (χ4v) is 17.9. The third-order valence-electron chi connectivity index (χ3n) is 25.4. The van der Waals surface area contributed by atoms with Crippen LogP contribution in [0, 0.1) is 0 Å². The first kappa shape index (κ1) is 81.7. The van der Waals surface area contributed by atoms with Crippen LogP contribution in [0.2, 0.25) is 0 Å². The van der Waals surface area contributed by atoms with E-state index in [4.69, 9.17) is 0 Å². The van der Waals surface area contributed by atoms with Gasteiger partial charge in [0.25, 0.3) is 0 Å². The zero-order valence-corrected chi connectivity index (χ0v) is 75.4. The number of rotatable bonds is 15. The Morgan fingerprint density at radius 1 is 0.137 bits per heavy atom. The second-order valence-electron chi connectivity index (χ2n) is 40.5. The second kappa shape index (κ2) is 31.6. The number of fused-ring (bicyclic) bond motifs is 6. The normalized spacial score (nSPS) is 12.4. The van der Waals surface area contributed by atoms with Gasteiger partial charge in [-0.05, 0) is 275 Å². The van der Waals surface area contributed by atoms with Gasteiger partial charge in [-0.15, -0.1) is 0 Å². The van der Waals surface area contributed by atoms with E-state index in [0.29, 0.717) is 0 Å². The summed E-state index contributed by atoms with van der Waals surface area (Å²) < 4.78 is 0. The van der Waals surface area contributed by atoms with E-state index in [1.165, 1.54) is 98.0 Å². The first-order valence-electron chi connectivity index (χ1n) is 44.2. The highest BCUT2D eigenvalue weighted by molar-refractivity contribution is 6.02. The number of hydrogen-bond acceptors (Lipinski definition) is 4. The zero-order chi connectivity index (χ0) is 86.5. The molecule has 0 bridgehead atoms. The summed E-state index contributed by atoms with van der Waals surface area (Å²) in [6.45, 7) is 41.2. The molecule has 0 spiro atoms. The van der Waals surface area contributed by atoms with Crippen LogP contribution in [0.3, 0.4) is 0 Å². The van der Waals surface area contributed by atoms with E-state index >= 15 is 0 Å². The van der Waals surface area contributed by atoms with Crippen molar-refractivity contribution in [1.29, 1.82) is 0 Å². The summed E-state index contributed by atoms with van der Waals surface area (Å²) in [7, 11) is 0. The first-order chi connectivity index (χ1) is 59.2. The summed E-state index contributed by atoms with van der Waals surface area (Å²) >= 11 is 0. The van der Waals surface area contributed by atoms with Gasteiger partial charge in [-0.25, -0.2) is 0 Å². The van der Waals surface area contributed by atoms with Crippen molar-refractivity contribution < 1.29 is 0 Å². The minimum atomic E-state index is 0.0243. The van der Waals surface area contributed by atoms with Crippen LogP contribution in [-0.2, 0) is 32.5 Å². The van der Waals surface area contributed by atoms with Gasteiger partial charge in [-0.2, -0.15) is 0 Å². The van der Waals surface area contributed by atoms with Crippen molar-refractivity contribution in [3.05, 3.63) is 397 Å². The molecule has 18 aromatic rings. The van der Waals surface area contributed by atoms with Crippen molar-refractivity contribution in [1.82, 2.24) is 0 Å². The van der Waals surface area contributed by atoms with Crippen LogP contribution in [-0.4, -0.2) is 0 Å². The molecule has 4 heteroatoms. The Kier molecular flexibility index (Phi) is 20.8. The topological polar surface area (TPSA) is 13.0 Å². The van der Waals surface area contributed by atoms with Gasteiger partial charge < -0.3 is 19.6 Å². The fourth-order valence-electron chi connectivity index (χ4n) is 17.9. The lowest BCUT2D eigenvalue weighted by atomic mass is 9.86. The van der Waals surface area contributed by atoms with Gasteiger partial charge in [0.2, 0.25) is 0 Å². The summed E-state index contributed by atoms with van der Waals surface area (Å²) in [6, 6.07) is 138. The third kappa shape index (κ3) is 16.4. The molecule has 0 N–H and O–H groups in total. The Balaban J connectivity index is 0.782. The van der Waals surface area contributed by atoms with Crippen LogP contribution >= 0.6 is 0 Å². The van der Waals surface area contributed by atoms with Crippen LogP contribution in [0.5, 0.6) is 0 Å². The molecule has 0 heterocycles. The van der Waals surface area contributed by atoms with Crippen LogP contribution in [0.1, 0.15) is 158 Å². The van der Waals surface area contributed by atoms with Gasteiger partial charge in [0, 0.05) is 67.9 Å². The standard InChI is InChI=1S/C120H114N4/c1-115(2,3)94-49-31-88-73-103(61-43-82(88)67-94)121(104-62-44-83-68-95(116(4,5)6)50-32-89(83)74-104)100-55-37-79(38-56-100)109-25-19-22-28-112(109)124(113-29-23-20-26-110(113)80-39-57-101(58-40-80)122(105-63-45-84-69-96(117(7,8)9)51-33-90(84)75-105)106-64-46-85-70-97(118(10,11)12)52-34-91(85)76-106)114-30-24-21-27-111(114)81-41-59-102(60-42-81)123(107-65-47-86-71-98(119(13,14)15)53-35-92(86)77-107)108-66-48-87-72-99(120(16,17)18)54-36-93(87)78-108/h19-78H,1-18H3. The van der Waals surface area contributed by atoms with E-state index in [1.807, 2.05) is 0 Å². The monoisotopic (exact) mass is 1610 g/mol. The maximum atomic E-state index is 2.53. The maximum Gasteiger partial charge on any atom is 0.0540 e. The minimum Gasteiger partial charge on any atom is -0.310 e. The summed E-state index contributed by atoms with van der Waals surface area (Å²) in [5.41, 5.74) is 27.5. The van der Waals surface area contributed by atoms with Crippen molar-refractivity contribution in [3.8, 4) is 33.4 Å². The van der Waals surface area contributed by atoms with Gasteiger partial charge >= 0.3 is 0 Å². The largest absolute Gasteiger partial charge is 0.310 e. The predicted molar refractivity (Wildman–Crippen MR) is 539 cm³/mol. The molecule has 0 radical (unpaired) electrons. The molecule has 0 saturated heterocycles. The van der Waals surface area contributed by atoms with Crippen molar-refractivity contribution in [2.45, 2.75) is 157 Å². The number of nitrogens with zero attached hydrogens (tertiary/aromatic N) is 4. The molecule has 0 amide bonds. The number of hydrogen-bond donors (Lipinski definition) is 0. The number of para-hydroxylation sites is 3. The van der Waals surface area contributed by atoms with Crippen LogP contribution < -0.4 is 19.6 Å². The molecule has 0 unspecified atom stereocenters. The maximum absolute atomic E-state index is 2.53. The lowest BCUT2D eigenvalue weighted by molar-refractivity contribution is 0.591. The molecule has 0 aliphatic carbocycles. The van der Waals surface area contributed by atoms with Crippen LogP contribution in [0.25, 0.3) is 98.0 Å². The molecule has 4 nitrogen and oxygen atoms in total. The average molecular weight is 1610 g/mol. The third-order valence-corrected chi connectivity index (χ3v) is 25.4. The lowest BCUT2D eigenvalue weighted by Gasteiger charge is -2.32. The summed E-state index contributed by atoms with van der Waals surface area (Å²) in [4.78, 5) is 9.82. The summed E-state index contributed by atoms with van der Waals surface area (Å²) in [5, 5.41) is 14.6. The highest BCUT2D eigenvalue weighted by Gasteiger charge is 2.28. The SMILES string of the molecule is CC(C)(C)c1ccc2cc(N(c3ccc(-c4ccccc4N(c4ccccc4-c4ccc(N(c5ccc6cc(C(C)(C)C)ccc6c5)c5ccc6cc(C(C)(C)C)ccc6c5)cc4)c4ccccc4-c4ccc(N(c5ccc6cc(C(C)(C)C)ccc6c5)c5ccc6cc(C(C)(C)C)ccc6c5)cc4)cc3)c3ccc4cc(C(C)(C)C)ccc4c3)ccc2c1. The van der Waals surface area contributed by atoms with Gasteiger partial charge in [0.05, 0.1) is 17.1 Å². The van der Waals surface area contributed by atoms with E-state index in [-0.39, 0.29) is 32.5 Å². The van der Waals surface area contributed by atoms with E-state index in [1.54, 1.807) is 0 Å². The first-order valence-corrected chi connectivity index (χ1v) is 44.2. The van der Waals surface area contributed by atoms with Crippen molar-refractivity contribution in [2.75, 3.05) is 19.6 Å². The van der Waals surface area contributed by atoms with Crippen LogP contribution in [0.15, 0.2) is 364 Å². The fraction of sp³-hybridized carbons (Fsp3) is 0.200. The van der Waals surface area contributed by atoms with Crippen molar-refractivity contribution >= 4 is 133 Å². The van der Waals surface area contributed by atoms with Crippen LogP contribution in [0.4, 0.5) is 68.2 Å². The van der Waals surface area contributed by atoms with Gasteiger partial charge in [0.1, 0.15) is 0 Å². The predicted octanol–water partition coefficient (Wildman–Crippen LogP) is 35.3. The Bertz CT molecular complexity index is 6130. The van der Waals surface area contributed by atoms with Gasteiger partial charge in [-0.3, -0.25) is 0 Å². The molecular formula is C120H114N4. The molecule has 0 saturated carbocycles. The van der Waals surface area contributed by atoms with E-state index < -0.39 is 0 Å². The molecular weight excluding hydrogens is 1500 g/mol. The summed E-state index contributed by atoms with van der Waals surface area (Å²) in [5.74, 6) is 0. The Morgan fingerprint density at radius 3 is 0.468 bits per heavy atom. The Labute approximate surface area is 735 Å². The van der Waals surface area contributed by atoms with E-state index in [9.17, 15) is 0 Å². The lowest BCUT2D eigenvalue weighted by Crippen LogP contribution is -2.14. The minimum absolute atomic E-state index is 0.0243. The van der Waals surface area contributed by atoms with Gasteiger partial charge in [0.15, 0.2) is 0 Å². The molecule has 0 aliphatic heterocycles. The van der Waals surface area contributed by atoms with Crippen molar-refractivity contribution in [2.24, 2.45) is 0 Å². The quantitative estimate of drug-likeness (QED) is 0.101. The van der Waals surface area contributed by atoms with E-state index in [0.717, 1.165) is 102 Å². The summed E-state index contributed by atoms with van der Waals surface area (Å²) in [6.07, 6.45) is 0. The molecule has 18 aromatic carbocycles. The highest BCUT2D eigenvalue weighted by atomic mass is 15.2. The smallest absolute Gasteiger partial charge is 0.0540 e. The van der Waals surface area contributed by atoms with Gasteiger partial charge in [-0.1, -0.05) is 361 Å². The van der Waals surface area contributed by atoms with Crippen molar-refractivity contribution in [3.63, 3.8) is 0 Å². The zero-order valence-electron chi connectivity index (χ0n) is 75.4. The highest BCUT2D eigenvalue weighted by Crippen LogP contribution is 2.51. The number of benzene rings is 18. The molecule has 0 aliphatic rings. The second-order valence-corrected chi connectivity index (χ2v) is 40.5. The molecule has 0 atom stereocenters. The number of anilines is 12.